The third kappa shape index (κ3) is 4.59. The van der Waals surface area contributed by atoms with Crippen LogP contribution >= 0.6 is 0 Å². The van der Waals surface area contributed by atoms with Crippen LogP contribution in [-0.4, -0.2) is 36.1 Å². The first kappa shape index (κ1) is 15.0. The molecule has 2 heteroatoms. The van der Waals surface area contributed by atoms with E-state index in [-0.39, 0.29) is 0 Å². The molecule has 1 aliphatic rings. The summed E-state index contributed by atoms with van der Waals surface area (Å²) in [4.78, 5) is 2.74. The zero-order valence-corrected chi connectivity index (χ0v) is 12.7. The number of piperidine rings is 1. The van der Waals surface area contributed by atoms with Gasteiger partial charge >= 0.3 is 0 Å². The van der Waals surface area contributed by atoms with E-state index in [1.54, 1.807) is 0 Å². The molecule has 1 N–H and O–H groups in total. The Hall–Kier alpha value is -0.0800. The zero-order chi connectivity index (χ0) is 13.0. The minimum absolute atomic E-state index is 0.593. The fraction of sp³-hybridized carbons (Fsp3) is 1.00. The molecule has 0 bridgehead atoms. The van der Waals surface area contributed by atoms with Gasteiger partial charge in [-0.15, -0.1) is 0 Å². The summed E-state index contributed by atoms with van der Waals surface area (Å²) in [5, 5.41) is 3.61. The molecule has 0 aromatic rings. The summed E-state index contributed by atoms with van der Waals surface area (Å²) in [6.07, 6.45) is 2.74. The lowest BCUT2D eigenvalue weighted by Crippen LogP contribution is -2.53. The first-order valence-corrected chi connectivity index (χ1v) is 7.41. The van der Waals surface area contributed by atoms with Crippen molar-refractivity contribution >= 4 is 0 Å². The monoisotopic (exact) mass is 240 g/mol. The maximum atomic E-state index is 3.61. The maximum absolute atomic E-state index is 3.61. The van der Waals surface area contributed by atoms with Crippen LogP contribution in [0.3, 0.4) is 0 Å². The number of hydrogen-bond donors (Lipinski definition) is 1. The molecule has 2 nitrogen and oxygen atoms in total. The van der Waals surface area contributed by atoms with E-state index in [0.29, 0.717) is 12.1 Å². The molecule has 3 atom stereocenters. The molecule has 17 heavy (non-hydrogen) atoms. The summed E-state index contributed by atoms with van der Waals surface area (Å²) in [7, 11) is 0. The third-order valence-corrected chi connectivity index (χ3v) is 4.12. The molecule has 1 heterocycles. The average molecular weight is 240 g/mol. The molecule has 0 aromatic heterocycles. The summed E-state index contributed by atoms with van der Waals surface area (Å²) in [6, 6.07) is 2.04. The Morgan fingerprint density at radius 2 is 1.82 bits per heavy atom. The largest absolute Gasteiger partial charge is 0.313 e. The smallest absolute Gasteiger partial charge is 0.0246 e. The van der Waals surface area contributed by atoms with Crippen LogP contribution in [0.5, 0.6) is 0 Å². The Bertz CT molecular complexity index is 213. The first-order chi connectivity index (χ1) is 7.91. The van der Waals surface area contributed by atoms with Crippen LogP contribution in [0.2, 0.25) is 0 Å². The van der Waals surface area contributed by atoms with Crippen molar-refractivity contribution in [1.29, 1.82) is 0 Å². The van der Waals surface area contributed by atoms with E-state index in [1.807, 2.05) is 0 Å². The van der Waals surface area contributed by atoms with Crippen molar-refractivity contribution in [2.75, 3.05) is 13.1 Å². The fourth-order valence-electron chi connectivity index (χ4n) is 3.01. The van der Waals surface area contributed by atoms with E-state index in [0.717, 1.165) is 24.4 Å². The highest BCUT2D eigenvalue weighted by atomic mass is 15.2. The molecule has 0 amide bonds. The second kappa shape index (κ2) is 6.75. The Labute approximate surface area is 108 Å². The van der Waals surface area contributed by atoms with E-state index in [4.69, 9.17) is 0 Å². The molecule has 1 saturated heterocycles. The number of nitrogens with one attached hydrogen (secondary N) is 1. The van der Waals surface area contributed by atoms with Gasteiger partial charge in [0.1, 0.15) is 0 Å². The van der Waals surface area contributed by atoms with E-state index < -0.39 is 0 Å². The van der Waals surface area contributed by atoms with Gasteiger partial charge in [-0.3, -0.25) is 4.90 Å². The summed E-state index contributed by atoms with van der Waals surface area (Å²) >= 11 is 0. The normalized spacial score (nSPS) is 28.9. The van der Waals surface area contributed by atoms with Crippen LogP contribution in [0.25, 0.3) is 0 Å². The molecular formula is C15H32N2. The highest BCUT2D eigenvalue weighted by Crippen LogP contribution is 2.26. The molecule has 0 aliphatic carbocycles. The number of rotatable bonds is 5. The van der Waals surface area contributed by atoms with E-state index in [9.17, 15) is 0 Å². The van der Waals surface area contributed by atoms with Crippen molar-refractivity contribution in [3.05, 3.63) is 0 Å². The third-order valence-electron chi connectivity index (χ3n) is 4.12. The van der Waals surface area contributed by atoms with Gasteiger partial charge < -0.3 is 5.32 Å². The van der Waals surface area contributed by atoms with Crippen molar-refractivity contribution in [3.63, 3.8) is 0 Å². The van der Waals surface area contributed by atoms with Crippen LogP contribution in [0.15, 0.2) is 0 Å². The van der Waals surface area contributed by atoms with Gasteiger partial charge in [0.2, 0.25) is 0 Å². The molecule has 1 aliphatic heterocycles. The molecule has 102 valence electrons. The lowest BCUT2D eigenvalue weighted by molar-refractivity contribution is 0.0578. The summed E-state index contributed by atoms with van der Waals surface area (Å²) < 4.78 is 0. The summed E-state index contributed by atoms with van der Waals surface area (Å²) in [5.41, 5.74) is 0. The molecule has 0 saturated carbocycles. The van der Waals surface area contributed by atoms with Gasteiger partial charge in [0.05, 0.1) is 0 Å². The van der Waals surface area contributed by atoms with Crippen LogP contribution in [0.1, 0.15) is 54.4 Å². The predicted molar refractivity (Wildman–Crippen MR) is 76.3 cm³/mol. The van der Waals surface area contributed by atoms with Crippen molar-refractivity contribution in [2.45, 2.75) is 72.5 Å². The van der Waals surface area contributed by atoms with Crippen molar-refractivity contribution in [1.82, 2.24) is 10.2 Å². The standard InChI is InChI=1S/C15H32N2/c1-11(2)15(10-16-12(3)4)17-8-7-13(5)9-14(17)6/h11-16H,7-10H2,1-6H3. The van der Waals surface area contributed by atoms with Gasteiger partial charge in [0.15, 0.2) is 0 Å². The van der Waals surface area contributed by atoms with Crippen LogP contribution < -0.4 is 5.32 Å². The summed E-state index contributed by atoms with van der Waals surface area (Å²) in [5.74, 6) is 1.64. The maximum Gasteiger partial charge on any atom is 0.0246 e. The Balaban J connectivity index is 2.57. The molecule has 0 radical (unpaired) electrons. The van der Waals surface area contributed by atoms with Gasteiger partial charge in [-0.05, 0) is 38.1 Å². The Morgan fingerprint density at radius 1 is 1.18 bits per heavy atom. The van der Waals surface area contributed by atoms with Crippen LogP contribution in [0.4, 0.5) is 0 Å². The van der Waals surface area contributed by atoms with Crippen molar-refractivity contribution < 1.29 is 0 Å². The molecule has 0 spiro atoms. The number of hydrogen-bond acceptors (Lipinski definition) is 2. The van der Waals surface area contributed by atoms with Crippen molar-refractivity contribution in [2.24, 2.45) is 11.8 Å². The van der Waals surface area contributed by atoms with E-state index in [2.05, 4.69) is 51.8 Å². The van der Waals surface area contributed by atoms with Gasteiger partial charge in [-0.25, -0.2) is 0 Å². The number of likely N-dealkylation sites (tertiary alicyclic amines) is 1. The SMILES string of the molecule is CC1CCN(C(CNC(C)C)C(C)C)C(C)C1. The second-order valence-corrected chi connectivity index (χ2v) is 6.59. The molecule has 3 unspecified atom stereocenters. The average Bonchev–Trinajstić information content (AvgIpc) is 2.20. The Morgan fingerprint density at radius 3 is 2.29 bits per heavy atom. The highest BCUT2D eigenvalue weighted by molar-refractivity contribution is 4.85. The highest BCUT2D eigenvalue weighted by Gasteiger charge is 2.30. The Kier molecular flexibility index (Phi) is 5.94. The molecule has 1 fully saturated rings. The minimum Gasteiger partial charge on any atom is -0.313 e. The minimum atomic E-state index is 0.593. The lowest BCUT2D eigenvalue weighted by Gasteiger charge is -2.43. The van der Waals surface area contributed by atoms with Crippen LogP contribution in [0, 0.1) is 11.8 Å². The number of nitrogens with zero attached hydrogens (tertiary/aromatic N) is 1. The zero-order valence-electron chi connectivity index (χ0n) is 12.7. The van der Waals surface area contributed by atoms with Gasteiger partial charge in [0, 0.05) is 24.7 Å². The molecule has 1 rings (SSSR count). The predicted octanol–water partition coefficient (Wildman–Crippen LogP) is 3.13. The first-order valence-electron chi connectivity index (χ1n) is 7.41. The fourth-order valence-corrected chi connectivity index (χ4v) is 3.01. The molecular weight excluding hydrogens is 208 g/mol. The van der Waals surface area contributed by atoms with Gasteiger partial charge in [0.25, 0.3) is 0 Å². The van der Waals surface area contributed by atoms with Gasteiger partial charge in [-0.1, -0.05) is 34.6 Å². The summed E-state index contributed by atoms with van der Waals surface area (Å²) in [6.45, 7) is 16.4. The lowest BCUT2D eigenvalue weighted by atomic mass is 9.89. The van der Waals surface area contributed by atoms with Crippen molar-refractivity contribution in [3.8, 4) is 0 Å². The molecule has 0 aromatic carbocycles. The second-order valence-electron chi connectivity index (χ2n) is 6.59. The van der Waals surface area contributed by atoms with Gasteiger partial charge in [-0.2, -0.15) is 0 Å². The van der Waals surface area contributed by atoms with E-state index in [1.165, 1.54) is 19.4 Å². The van der Waals surface area contributed by atoms with E-state index >= 15 is 0 Å². The topological polar surface area (TPSA) is 15.3 Å². The quantitative estimate of drug-likeness (QED) is 0.794. The van der Waals surface area contributed by atoms with Crippen LogP contribution in [-0.2, 0) is 0 Å².